The number of nitrogens with zero attached hydrogens (tertiary/aromatic N) is 3. The second kappa shape index (κ2) is 7.89. The maximum Gasteiger partial charge on any atom is 0.142 e. The number of ether oxygens (including phenoxy) is 1. The van der Waals surface area contributed by atoms with Gasteiger partial charge < -0.3 is 9.64 Å². The third-order valence-corrected chi connectivity index (χ3v) is 5.70. The molecule has 0 amide bonds. The minimum absolute atomic E-state index is 0.920. The zero-order valence-electron chi connectivity index (χ0n) is 15.0. The van der Waals surface area contributed by atoms with Gasteiger partial charge in [0.25, 0.3) is 0 Å². The maximum absolute atomic E-state index is 5.50. The van der Waals surface area contributed by atoms with Crippen molar-refractivity contribution in [3.8, 4) is 16.3 Å². The van der Waals surface area contributed by atoms with Gasteiger partial charge in [-0.05, 0) is 12.1 Å². The third kappa shape index (κ3) is 3.74. The Kier molecular flexibility index (Phi) is 5.18. The van der Waals surface area contributed by atoms with Gasteiger partial charge in [-0.3, -0.25) is 4.90 Å². The second-order valence-electron chi connectivity index (χ2n) is 6.45. The van der Waals surface area contributed by atoms with Crippen LogP contribution in [0.4, 0.5) is 5.69 Å². The smallest absolute Gasteiger partial charge is 0.142 e. The number of anilines is 1. The predicted molar refractivity (Wildman–Crippen MR) is 108 cm³/mol. The summed E-state index contributed by atoms with van der Waals surface area (Å²) in [5, 5.41) is 3.29. The molecule has 3 aromatic rings. The molecule has 0 radical (unpaired) electrons. The predicted octanol–water partition coefficient (Wildman–Crippen LogP) is 4.14. The Hall–Kier alpha value is -2.37. The number of rotatable bonds is 5. The molecule has 0 aliphatic carbocycles. The van der Waals surface area contributed by atoms with Crippen LogP contribution in [0.2, 0.25) is 0 Å². The van der Waals surface area contributed by atoms with Crippen molar-refractivity contribution < 1.29 is 4.74 Å². The summed E-state index contributed by atoms with van der Waals surface area (Å²) in [6.07, 6.45) is 0. The minimum atomic E-state index is 0.920. The first kappa shape index (κ1) is 17.1. The summed E-state index contributed by atoms with van der Waals surface area (Å²) in [6.45, 7) is 5.02. The molecule has 4 nitrogen and oxygen atoms in total. The first-order chi connectivity index (χ1) is 12.8. The maximum atomic E-state index is 5.50. The van der Waals surface area contributed by atoms with E-state index < -0.39 is 0 Å². The topological polar surface area (TPSA) is 28.6 Å². The van der Waals surface area contributed by atoms with Crippen LogP contribution in [-0.2, 0) is 6.54 Å². The van der Waals surface area contributed by atoms with Crippen molar-refractivity contribution in [3.05, 3.63) is 65.7 Å². The summed E-state index contributed by atoms with van der Waals surface area (Å²) < 4.78 is 5.50. The van der Waals surface area contributed by atoms with Gasteiger partial charge >= 0.3 is 0 Å². The van der Waals surface area contributed by atoms with Crippen LogP contribution in [0, 0.1) is 0 Å². The van der Waals surface area contributed by atoms with Gasteiger partial charge in [0.1, 0.15) is 10.8 Å². The lowest BCUT2D eigenvalue weighted by atomic mass is 10.2. The van der Waals surface area contributed by atoms with E-state index in [0.29, 0.717) is 0 Å². The number of piperazine rings is 1. The van der Waals surface area contributed by atoms with Crippen molar-refractivity contribution in [2.75, 3.05) is 38.2 Å². The van der Waals surface area contributed by atoms with E-state index in [1.807, 2.05) is 18.2 Å². The summed E-state index contributed by atoms with van der Waals surface area (Å²) in [5.74, 6) is 0.952. The molecular weight excluding hydrogens is 342 g/mol. The Morgan fingerprint density at radius 3 is 2.46 bits per heavy atom. The second-order valence-corrected chi connectivity index (χ2v) is 7.30. The largest absolute Gasteiger partial charge is 0.495 e. The highest BCUT2D eigenvalue weighted by molar-refractivity contribution is 7.13. The van der Waals surface area contributed by atoms with Crippen molar-refractivity contribution in [2.24, 2.45) is 0 Å². The van der Waals surface area contributed by atoms with Crippen molar-refractivity contribution in [3.63, 3.8) is 0 Å². The Balaban J connectivity index is 1.36. The number of methoxy groups -OCH3 is 1. The van der Waals surface area contributed by atoms with Gasteiger partial charge in [-0.25, -0.2) is 4.98 Å². The molecule has 5 heteroatoms. The Labute approximate surface area is 158 Å². The number of hydrogen-bond acceptors (Lipinski definition) is 5. The number of thiazole rings is 1. The van der Waals surface area contributed by atoms with E-state index in [2.05, 4.69) is 51.6 Å². The van der Waals surface area contributed by atoms with Crippen LogP contribution in [0.15, 0.2) is 60.0 Å². The van der Waals surface area contributed by atoms with E-state index in [-0.39, 0.29) is 0 Å². The van der Waals surface area contributed by atoms with Crippen molar-refractivity contribution in [1.29, 1.82) is 0 Å². The normalized spacial score (nSPS) is 15.2. The average Bonchev–Trinajstić information content (AvgIpc) is 3.18. The molecule has 0 N–H and O–H groups in total. The summed E-state index contributed by atoms with van der Waals surface area (Å²) in [7, 11) is 1.74. The molecule has 1 fully saturated rings. The highest BCUT2D eigenvalue weighted by Gasteiger charge is 2.20. The van der Waals surface area contributed by atoms with E-state index in [4.69, 9.17) is 9.72 Å². The molecule has 1 saturated heterocycles. The fourth-order valence-corrected chi connectivity index (χ4v) is 4.18. The van der Waals surface area contributed by atoms with Crippen LogP contribution in [0.3, 0.4) is 0 Å². The molecule has 1 aliphatic rings. The highest BCUT2D eigenvalue weighted by Crippen LogP contribution is 2.29. The third-order valence-electron chi connectivity index (χ3n) is 4.76. The van der Waals surface area contributed by atoms with E-state index >= 15 is 0 Å². The minimum Gasteiger partial charge on any atom is -0.495 e. The molecular formula is C21H23N3OS. The summed E-state index contributed by atoms with van der Waals surface area (Å²) in [6, 6.07) is 18.7. The molecule has 0 saturated carbocycles. The Morgan fingerprint density at radius 2 is 1.69 bits per heavy atom. The molecule has 134 valence electrons. The number of benzene rings is 2. The van der Waals surface area contributed by atoms with Gasteiger partial charge in [0, 0.05) is 43.7 Å². The van der Waals surface area contributed by atoms with Crippen molar-refractivity contribution in [2.45, 2.75) is 6.54 Å². The standard InChI is InChI=1S/C21H23N3OS/c1-25-20-10-6-5-9-19(20)24-13-11-23(12-14-24)15-18-16-26-21(22-18)17-7-3-2-4-8-17/h2-10,16H,11-15H2,1H3. The van der Waals surface area contributed by atoms with Gasteiger partial charge in [0.05, 0.1) is 18.5 Å². The van der Waals surface area contributed by atoms with Crippen LogP contribution in [0.1, 0.15) is 5.69 Å². The SMILES string of the molecule is COc1ccccc1N1CCN(Cc2csc(-c3ccccc3)n2)CC1. The molecule has 2 aromatic carbocycles. The molecule has 0 unspecified atom stereocenters. The van der Waals surface area contributed by atoms with Crippen LogP contribution in [0.5, 0.6) is 5.75 Å². The lowest BCUT2D eigenvalue weighted by Crippen LogP contribution is -2.46. The lowest BCUT2D eigenvalue weighted by Gasteiger charge is -2.36. The Morgan fingerprint density at radius 1 is 0.962 bits per heavy atom. The molecule has 0 atom stereocenters. The van der Waals surface area contributed by atoms with Crippen LogP contribution < -0.4 is 9.64 Å². The zero-order valence-corrected chi connectivity index (χ0v) is 15.8. The van der Waals surface area contributed by atoms with Gasteiger partial charge in [0.2, 0.25) is 0 Å². The summed E-state index contributed by atoms with van der Waals surface area (Å²) in [4.78, 5) is 9.71. The van der Waals surface area contributed by atoms with Crippen LogP contribution in [0.25, 0.3) is 10.6 Å². The van der Waals surface area contributed by atoms with Crippen LogP contribution >= 0.6 is 11.3 Å². The van der Waals surface area contributed by atoms with Gasteiger partial charge in [0.15, 0.2) is 0 Å². The zero-order chi connectivity index (χ0) is 17.8. The molecule has 1 aliphatic heterocycles. The monoisotopic (exact) mass is 365 g/mol. The summed E-state index contributed by atoms with van der Waals surface area (Å²) >= 11 is 1.73. The van der Waals surface area contributed by atoms with E-state index in [9.17, 15) is 0 Å². The molecule has 2 heterocycles. The number of para-hydroxylation sites is 2. The van der Waals surface area contributed by atoms with Gasteiger partial charge in [-0.15, -0.1) is 11.3 Å². The van der Waals surface area contributed by atoms with E-state index in [1.54, 1.807) is 18.4 Å². The van der Waals surface area contributed by atoms with Crippen molar-refractivity contribution >= 4 is 17.0 Å². The number of hydrogen-bond donors (Lipinski definition) is 0. The fourth-order valence-electron chi connectivity index (χ4n) is 3.36. The Bertz CT molecular complexity index is 841. The quantitative estimate of drug-likeness (QED) is 0.679. The molecule has 0 bridgehead atoms. The van der Waals surface area contributed by atoms with Crippen molar-refractivity contribution in [1.82, 2.24) is 9.88 Å². The van der Waals surface area contributed by atoms with E-state index in [0.717, 1.165) is 43.5 Å². The lowest BCUT2D eigenvalue weighted by molar-refractivity contribution is 0.247. The first-order valence-corrected chi connectivity index (χ1v) is 9.81. The molecule has 0 spiro atoms. The average molecular weight is 366 g/mol. The van der Waals surface area contributed by atoms with E-state index in [1.165, 1.54) is 16.9 Å². The fraction of sp³-hybridized carbons (Fsp3) is 0.286. The first-order valence-electron chi connectivity index (χ1n) is 8.93. The van der Waals surface area contributed by atoms with Gasteiger partial charge in [-0.2, -0.15) is 0 Å². The molecule has 4 rings (SSSR count). The van der Waals surface area contributed by atoms with Crippen LogP contribution in [-0.4, -0.2) is 43.2 Å². The highest BCUT2D eigenvalue weighted by atomic mass is 32.1. The number of aromatic nitrogens is 1. The van der Waals surface area contributed by atoms with Gasteiger partial charge in [-0.1, -0.05) is 42.5 Å². The molecule has 1 aromatic heterocycles. The summed E-state index contributed by atoms with van der Waals surface area (Å²) in [5.41, 5.74) is 3.55. The molecule has 26 heavy (non-hydrogen) atoms.